The van der Waals surface area contributed by atoms with Gasteiger partial charge >= 0.3 is 0 Å². The minimum atomic E-state index is -0.389. The van der Waals surface area contributed by atoms with E-state index in [1.54, 1.807) is 42.5 Å². The van der Waals surface area contributed by atoms with Crippen LogP contribution in [0, 0.1) is 17.7 Å². The Bertz CT molecular complexity index is 774. The first-order chi connectivity index (χ1) is 11.1. The van der Waals surface area contributed by atoms with E-state index in [9.17, 15) is 14.0 Å². The molecule has 0 saturated heterocycles. The van der Waals surface area contributed by atoms with Crippen LogP contribution >= 0.6 is 0 Å². The summed E-state index contributed by atoms with van der Waals surface area (Å²) in [4.78, 5) is 22.8. The molecule has 0 aromatic heterocycles. The predicted molar refractivity (Wildman–Crippen MR) is 86.4 cm³/mol. The minimum absolute atomic E-state index is 0.112. The number of benzene rings is 2. The molecule has 0 spiro atoms. The SMILES string of the molecule is CC(=O)Nc1ccc(C(=O)NCC#Cc2ccccc2F)cc1. The molecule has 0 aliphatic rings. The van der Waals surface area contributed by atoms with Gasteiger partial charge in [0.2, 0.25) is 5.91 Å². The van der Waals surface area contributed by atoms with E-state index in [1.807, 2.05) is 0 Å². The fourth-order valence-electron chi connectivity index (χ4n) is 1.84. The van der Waals surface area contributed by atoms with Gasteiger partial charge in [0.1, 0.15) is 5.82 Å². The molecule has 0 unspecified atom stereocenters. The molecule has 0 aliphatic carbocycles. The molecule has 2 aromatic rings. The summed E-state index contributed by atoms with van der Waals surface area (Å²) in [5, 5.41) is 5.24. The van der Waals surface area contributed by atoms with E-state index in [2.05, 4.69) is 22.5 Å². The van der Waals surface area contributed by atoms with Gasteiger partial charge in [-0.25, -0.2) is 4.39 Å². The Morgan fingerprint density at radius 2 is 1.78 bits per heavy atom. The standard InChI is InChI=1S/C18H15FN2O2/c1-13(22)21-16-10-8-15(9-11-16)18(23)20-12-4-6-14-5-2-3-7-17(14)19/h2-3,5,7-11H,12H2,1H3,(H,20,23)(H,21,22). The summed E-state index contributed by atoms with van der Waals surface area (Å²) in [5.41, 5.74) is 1.36. The molecule has 0 aliphatic heterocycles. The molecule has 0 saturated carbocycles. The number of halogens is 1. The van der Waals surface area contributed by atoms with Crippen LogP contribution in [0.1, 0.15) is 22.8 Å². The van der Waals surface area contributed by atoms with E-state index in [0.29, 0.717) is 16.8 Å². The van der Waals surface area contributed by atoms with Crippen LogP contribution in [-0.4, -0.2) is 18.4 Å². The summed E-state index contributed by atoms with van der Waals surface area (Å²) in [6, 6.07) is 12.7. The largest absolute Gasteiger partial charge is 0.341 e. The highest BCUT2D eigenvalue weighted by molar-refractivity contribution is 5.95. The smallest absolute Gasteiger partial charge is 0.252 e. The second-order valence-corrected chi connectivity index (χ2v) is 4.72. The van der Waals surface area contributed by atoms with Crippen LogP contribution in [0.25, 0.3) is 0 Å². The molecule has 0 bridgehead atoms. The summed E-state index contributed by atoms with van der Waals surface area (Å²) < 4.78 is 13.3. The Kier molecular flexibility index (Phi) is 5.48. The highest BCUT2D eigenvalue weighted by Gasteiger charge is 2.04. The number of anilines is 1. The minimum Gasteiger partial charge on any atom is -0.341 e. The molecule has 0 fully saturated rings. The van der Waals surface area contributed by atoms with E-state index in [1.165, 1.54) is 13.0 Å². The Labute approximate surface area is 133 Å². The van der Waals surface area contributed by atoms with Crippen molar-refractivity contribution in [3.05, 3.63) is 65.5 Å². The average Bonchev–Trinajstić information content (AvgIpc) is 2.53. The molecule has 0 atom stereocenters. The van der Waals surface area contributed by atoms with Crippen LogP contribution in [0.4, 0.5) is 10.1 Å². The molecule has 0 heterocycles. The maximum atomic E-state index is 13.3. The van der Waals surface area contributed by atoms with Gasteiger partial charge in [0.25, 0.3) is 5.91 Å². The van der Waals surface area contributed by atoms with Crippen molar-refractivity contribution in [3.8, 4) is 11.8 Å². The van der Waals surface area contributed by atoms with E-state index in [-0.39, 0.29) is 24.2 Å². The third kappa shape index (κ3) is 4.97. The second-order valence-electron chi connectivity index (χ2n) is 4.72. The third-order valence-corrected chi connectivity index (χ3v) is 2.90. The van der Waals surface area contributed by atoms with Crippen LogP contribution in [-0.2, 0) is 4.79 Å². The lowest BCUT2D eigenvalue weighted by Gasteiger charge is -2.04. The summed E-state index contributed by atoms with van der Waals surface area (Å²) in [7, 11) is 0. The monoisotopic (exact) mass is 310 g/mol. The molecular formula is C18H15FN2O2. The second kappa shape index (κ2) is 7.76. The summed E-state index contributed by atoms with van der Waals surface area (Å²) in [5.74, 6) is 4.51. The van der Waals surface area contributed by atoms with E-state index in [4.69, 9.17) is 0 Å². The van der Waals surface area contributed by atoms with Gasteiger partial charge in [-0.15, -0.1) is 0 Å². The van der Waals surface area contributed by atoms with Crippen molar-refractivity contribution in [2.75, 3.05) is 11.9 Å². The maximum Gasteiger partial charge on any atom is 0.252 e. The van der Waals surface area contributed by atoms with Gasteiger partial charge in [-0.1, -0.05) is 24.0 Å². The number of amides is 2. The lowest BCUT2D eigenvalue weighted by atomic mass is 10.2. The highest BCUT2D eigenvalue weighted by Crippen LogP contribution is 2.09. The van der Waals surface area contributed by atoms with Gasteiger partial charge in [-0.2, -0.15) is 0 Å². The van der Waals surface area contributed by atoms with E-state index >= 15 is 0 Å². The topological polar surface area (TPSA) is 58.2 Å². The van der Waals surface area contributed by atoms with Crippen molar-refractivity contribution < 1.29 is 14.0 Å². The molecule has 2 aromatic carbocycles. The number of hydrogen-bond acceptors (Lipinski definition) is 2. The van der Waals surface area contributed by atoms with Crippen LogP contribution in [0.3, 0.4) is 0 Å². The first kappa shape index (κ1) is 16.2. The Hall–Kier alpha value is -3.13. The third-order valence-electron chi connectivity index (χ3n) is 2.90. The molecule has 5 heteroatoms. The molecule has 0 radical (unpaired) electrons. The fraction of sp³-hybridized carbons (Fsp3) is 0.111. The van der Waals surface area contributed by atoms with Gasteiger partial charge < -0.3 is 10.6 Å². The lowest BCUT2D eigenvalue weighted by Crippen LogP contribution is -2.23. The maximum absolute atomic E-state index is 13.3. The van der Waals surface area contributed by atoms with Crippen LogP contribution in [0.2, 0.25) is 0 Å². The molecule has 4 nitrogen and oxygen atoms in total. The zero-order valence-corrected chi connectivity index (χ0v) is 12.5. The number of nitrogens with one attached hydrogen (secondary N) is 2. The van der Waals surface area contributed by atoms with Gasteiger partial charge in [-0.05, 0) is 36.4 Å². The summed E-state index contributed by atoms with van der Waals surface area (Å²) in [6.07, 6.45) is 0. The number of hydrogen-bond donors (Lipinski definition) is 2. The van der Waals surface area contributed by atoms with Crippen LogP contribution in [0.5, 0.6) is 0 Å². The Morgan fingerprint density at radius 3 is 2.43 bits per heavy atom. The number of carbonyl (C=O) groups excluding carboxylic acids is 2. The summed E-state index contributed by atoms with van der Waals surface area (Å²) >= 11 is 0. The molecule has 2 amide bonds. The van der Waals surface area contributed by atoms with Crippen molar-refractivity contribution >= 4 is 17.5 Å². The van der Waals surface area contributed by atoms with Gasteiger partial charge in [-0.3, -0.25) is 9.59 Å². The van der Waals surface area contributed by atoms with Crippen LogP contribution in [0.15, 0.2) is 48.5 Å². The van der Waals surface area contributed by atoms with E-state index < -0.39 is 0 Å². The van der Waals surface area contributed by atoms with E-state index in [0.717, 1.165) is 0 Å². The zero-order valence-electron chi connectivity index (χ0n) is 12.5. The first-order valence-electron chi connectivity index (χ1n) is 6.95. The fourth-order valence-corrected chi connectivity index (χ4v) is 1.84. The van der Waals surface area contributed by atoms with Crippen molar-refractivity contribution in [1.29, 1.82) is 0 Å². The predicted octanol–water partition coefficient (Wildman–Crippen LogP) is 2.57. The number of carbonyl (C=O) groups is 2. The van der Waals surface area contributed by atoms with Crippen molar-refractivity contribution in [3.63, 3.8) is 0 Å². The van der Waals surface area contributed by atoms with Crippen molar-refractivity contribution in [2.45, 2.75) is 6.92 Å². The quantitative estimate of drug-likeness (QED) is 0.856. The van der Waals surface area contributed by atoms with Crippen molar-refractivity contribution in [1.82, 2.24) is 5.32 Å². The van der Waals surface area contributed by atoms with Gasteiger partial charge in [0, 0.05) is 18.2 Å². The van der Waals surface area contributed by atoms with Crippen molar-refractivity contribution in [2.24, 2.45) is 0 Å². The zero-order chi connectivity index (χ0) is 16.7. The molecule has 116 valence electrons. The van der Waals surface area contributed by atoms with Gasteiger partial charge in [0.15, 0.2) is 0 Å². The first-order valence-corrected chi connectivity index (χ1v) is 6.95. The molecule has 2 rings (SSSR count). The van der Waals surface area contributed by atoms with Crippen LogP contribution < -0.4 is 10.6 Å². The van der Waals surface area contributed by atoms with Gasteiger partial charge in [0.05, 0.1) is 12.1 Å². The lowest BCUT2D eigenvalue weighted by molar-refractivity contribution is -0.114. The molecule has 23 heavy (non-hydrogen) atoms. The Morgan fingerprint density at radius 1 is 1.09 bits per heavy atom. The average molecular weight is 310 g/mol. The highest BCUT2D eigenvalue weighted by atomic mass is 19.1. The normalized spacial score (nSPS) is 9.48. The molecule has 2 N–H and O–H groups in total. The summed E-state index contributed by atoms with van der Waals surface area (Å²) in [6.45, 7) is 1.52. The molecular weight excluding hydrogens is 295 g/mol. The Balaban J connectivity index is 1.90. The number of rotatable bonds is 3.